The number of rotatable bonds is 4. The predicted octanol–water partition coefficient (Wildman–Crippen LogP) is 1.02. The molecule has 1 heterocycles. The molecule has 0 radical (unpaired) electrons. The van der Waals surface area contributed by atoms with E-state index in [0.29, 0.717) is 0 Å². The maximum atomic E-state index is 12.5. The lowest BCUT2D eigenvalue weighted by atomic mass is 10.2. The number of halogens is 5. The fourth-order valence-electron chi connectivity index (χ4n) is 1.34. The van der Waals surface area contributed by atoms with Crippen LogP contribution in [0.3, 0.4) is 0 Å². The molecule has 0 aliphatic heterocycles. The van der Waals surface area contributed by atoms with E-state index in [4.69, 9.17) is 10.9 Å². The van der Waals surface area contributed by atoms with E-state index in [1.807, 2.05) is 0 Å². The van der Waals surface area contributed by atoms with Crippen molar-refractivity contribution in [2.45, 2.75) is 24.2 Å². The number of ether oxygens (including phenoxy) is 1. The molecule has 0 spiro atoms. The predicted molar refractivity (Wildman–Crippen MR) is 55.1 cm³/mol. The van der Waals surface area contributed by atoms with E-state index >= 15 is 0 Å². The zero-order valence-corrected chi connectivity index (χ0v) is 10.3. The second-order valence-corrected chi connectivity index (χ2v) is 4.92. The van der Waals surface area contributed by atoms with E-state index in [1.165, 1.54) is 0 Å². The van der Waals surface area contributed by atoms with Gasteiger partial charge in [0.2, 0.25) is 10.0 Å². The summed E-state index contributed by atoms with van der Waals surface area (Å²) in [7, 11) is -4.70. The smallest absolute Gasteiger partial charge is 0.404 e. The zero-order chi connectivity index (χ0) is 15.7. The number of nitrogens with two attached hydrogens (primary N) is 2. The van der Waals surface area contributed by atoms with Crippen LogP contribution in [0.5, 0.6) is 5.75 Å². The Balaban J connectivity index is 3.62. The van der Waals surface area contributed by atoms with Crippen molar-refractivity contribution in [3.63, 3.8) is 0 Å². The van der Waals surface area contributed by atoms with Gasteiger partial charge >= 0.3 is 6.36 Å². The Morgan fingerprint density at radius 3 is 2.25 bits per heavy atom. The number of pyridine rings is 1. The Morgan fingerprint density at radius 1 is 1.35 bits per heavy atom. The first kappa shape index (κ1) is 16.5. The van der Waals surface area contributed by atoms with Crippen molar-refractivity contribution < 1.29 is 35.1 Å². The minimum atomic E-state index is -5.30. The van der Waals surface area contributed by atoms with Gasteiger partial charge in [-0.3, -0.25) is 0 Å². The molecule has 1 aromatic rings. The molecule has 20 heavy (non-hydrogen) atoms. The molecule has 0 aromatic carbocycles. The number of sulfonamides is 1. The zero-order valence-electron chi connectivity index (χ0n) is 9.49. The van der Waals surface area contributed by atoms with Gasteiger partial charge in [-0.2, -0.15) is 0 Å². The maximum absolute atomic E-state index is 12.5. The average molecular weight is 321 g/mol. The molecule has 1 aromatic heterocycles. The van der Waals surface area contributed by atoms with Gasteiger partial charge in [0.05, 0.1) is 5.69 Å². The van der Waals surface area contributed by atoms with Crippen LogP contribution in [-0.2, 0) is 16.6 Å². The number of alkyl halides is 5. The third-order valence-electron chi connectivity index (χ3n) is 1.96. The lowest BCUT2D eigenvalue weighted by molar-refractivity contribution is -0.275. The van der Waals surface area contributed by atoms with Gasteiger partial charge in [-0.1, -0.05) is 0 Å². The summed E-state index contributed by atoms with van der Waals surface area (Å²) in [5.74, 6) is -1.40. The summed E-state index contributed by atoms with van der Waals surface area (Å²) in [4.78, 5) is 1.99. The normalized spacial score (nSPS) is 12.8. The number of nitrogens with zero attached hydrogens (tertiary/aromatic N) is 1. The minimum absolute atomic E-state index is 0.150. The molecular formula is C8H8F5N3O3S. The Kier molecular flexibility index (Phi) is 4.51. The van der Waals surface area contributed by atoms with Crippen LogP contribution >= 0.6 is 0 Å². The summed E-state index contributed by atoms with van der Waals surface area (Å²) < 4.78 is 87.5. The highest BCUT2D eigenvalue weighted by molar-refractivity contribution is 7.89. The lowest BCUT2D eigenvalue weighted by Crippen LogP contribution is -2.24. The van der Waals surface area contributed by atoms with Crippen LogP contribution in [-0.4, -0.2) is 19.8 Å². The highest BCUT2D eigenvalue weighted by Crippen LogP contribution is 2.33. The van der Waals surface area contributed by atoms with Crippen LogP contribution in [0.1, 0.15) is 17.8 Å². The molecule has 0 fully saturated rings. The highest BCUT2D eigenvalue weighted by atomic mass is 32.2. The van der Waals surface area contributed by atoms with E-state index in [1.54, 1.807) is 0 Å². The molecule has 0 aliphatic carbocycles. The second kappa shape index (κ2) is 5.46. The van der Waals surface area contributed by atoms with Crippen molar-refractivity contribution in [3.8, 4) is 5.75 Å². The van der Waals surface area contributed by atoms with Gasteiger partial charge in [0.25, 0.3) is 6.43 Å². The number of hydrogen-bond acceptors (Lipinski definition) is 5. The molecule has 12 heteroatoms. The maximum Gasteiger partial charge on any atom is 0.573 e. The monoisotopic (exact) mass is 321 g/mol. The molecule has 0 saturated heterocycles. The Hall–Kier alpha value is -1.53. The standard InChI is InChI=1S/C8H8F5N3O3S/c9-7(10)3-1-5(19-8(11,12)13)6(20(15,17)18)4(2-14)16-3/h1,7H,2,14H2,(H2,15,17,18). The van der Waals surface area contributed by atoms with Crippen molar-refractivity contribution >= 4 is 10.0 Å². The first-order valence-electron chi connectivity index (χ1n) is 4.76. The first-order chi connectivity index (χ1) is 8.95. The molecule has 0 saturated carbocycles. The first-order valence-corrected chi connectivity index (χ1v) is 6.31. The van der Waals surface area contributed by atoms with Gasteiger partial charge in [-0.25, -0.2) is 27.3 Å². The van der Waals surface area contributed by atoms with Crippen LogP contribution in [0, 0.1) is 0 Å². The molecular weight excluding hydrogens is 313 g/mol. The van der Waals surface area contributed by atoms with E-state index in [-0.39, 0.29) is 6.07 Å². The van der Waals surface area contributed by atoms with Crippen LogP contribution in [0.25, 0.3) is 0 Å². The average Bonchev–Trinajstić information content (AvgIpc) is 2.23. The largest absolute Gasteiger partial charge is 0.573 e. The number of primary sulfonamides is 1. The van der Waals surface area contributed by atoms with Crippen LogP contribution in [0.2, 0.25) is 0 Å². The molecule has 0 atom stereocenters. The summed E-state index contributed by atoms with van der Waals surface area (Å²) in [5.41, 5.74) is 3.23. The lowest BCUT2D eigenvalue weighted by Gasteiger charge is -2.15. The van der Waals surface area contributed by atoms with Gasteiger partial charge in [0.1, 0.15) is 10.6 Å². The summed E-state index contributed by atoms with van der Waals surface area (Å²) in [6, 6.07) is 0.150. The van der Waals surface area contributed by atoms with E-state index in [2.05, 4.69) is 9.72 Å². The topological polar surface area (TPSA) is 108 Å². The SMILES string of the molecule is NCc1nc(C(F)F)cc(OC(F)(F)F)c1S(N)(=O)=O. The minimum Gasteiger partial charge on any atom is -0.404 e. The van der Waals surface area contributed by atoms with Crippen molar-refractivity contribution in [1.82, 2.24) is 4.98 Å². The fourth-order valence-corrected chi connectivity index (χ4v) is 2.17. The van der Waals surface area contributed by atoms with Gasteiger partial charge in [0.15, 0.2) is 5.75 Å². The third kappa shape index (κ3) is 3.98. The van der Waals surface area contributed by atoms with Crippen LogP contribution < -0.4 is 15.6 Å². The fraction of sp³-hybridized carbons (Fsp3) is 0.375. The van der Waals surface area contributed by atoms with E-state index in [0.717, 1.165) is 0 Å². The number of hydrogen-bond donors (Lipinski definition) is 2. The van der Waals surface area contributed by atoms with Gasteiger partial charge in [-0.05, 0) is 0 Å². The van der Waals surface area contributed by atoms with Crippen molar-refractivity contribution in [2.24, 2.45) is 10.9 Å². The van der Waals surface area contributed by atoms with Gasteiger partial charge < -0.3 is 10.5 Å². The van der Waals surface area contributed by atoms with E-state index in [9.17, 15) is 30.4 Å². The summed E-state index contributed by atoms with van der Waals surface area (Å²) in [6.45, 7) is -0.722. The molecule has 0 bridgehead atoms. The van der Waals surface area contributed by atoms with Crippen LogP contribution in [0.4, 0.5) is 22.0 Å². The second-order valence-electron chi connectivity index (χ2n) is 3.42. The van der Waals surface area contributed by atoms with Crippen molar-refractivity contribution in [3.05, 3.63) is 17.5 Å². The number of aromatic nitrogens is 1. The quantitative estimate of drug-likeness (QED) is 0.805. The molecule has 4 N–H and O–H groups in total. The summed E-state index contributed by atoms with van der Waals surface area (Å²) in [5, 5.41) is 4.72. The van der Waals surface area contributed by atoms with Crippen molar-refractivity contribution in [1.29, 1.82) is 0 Å². The highest BCUT2D eigenvalue weighted by Gasteiger charge is 2.35. The molecule has 0 aliphatic rings. The Bertz CT molecular complexity index is 602. The Labute approximate surface area is 109 Å². The van der Waals surface area contributed by atoms with Crippen LogP contribution in [0.15, 0.2) is 11.0 Å². The van der Waals surface area contributed by atoms with Gasteiger partial charge in [-0.15, -0.1) is 13.2 Å². The molecule has 0 amide bonds. The third-order valence-corrected chi connectivity index (χ3v) is 2.96. The molecule has 1 rings (SSSR count). The molecule has 6 nitrogen and oxygen atoms in total. The van der Waals surface area contributed by atoms with E-state index < -0.39 is 51.4 Å². The van der Waals surface area contributed by atoms with Crippen molar-refractivity contribution in [2.75, 3.05) is 0 Å². The Morgan fingerprint density at radius 2 is 1.90 bits per heavy atom. The molecule has 114 valence electrons. The van der Waals surface area contributed by atoms with Gasteiger partial charge in [0, 0.05) is 12.6 Å². The molecule has 0 unspecified atom stereocenters. The summed E-state index contributed by atoms with van der Waals surface area (Å²) >= 11 is 0. The summed E-state index contributed by atoms with van der Waals surface area (Å²) in [6.07, 6.45) is -8.54.